The largest absolute Gasteiger partial charge is 0.349 e. The Labute approximate surface area is 112 Å². The molecule has 0 heterocycles. The summed E-state index contributed by atoms with van der Waals surface area (Å²) in [5.74, 6) is 0.473. The first-order chi connectivity index (χ1) is 7.95. The fourth-order valence-corrected chi connectivity index (χ4v) is 2.19. The number of carbonyl (C=O) groups excluding carboxylic acids is 1. The Morgan fingerprint density at radius 1 is 1.41 bits per heavy atom. The van der Waals surface area contributed by atoms with Gasteiger partial charge in [0.25, 0.3) is 5.91 Å². The van der Waals surface area contributed by atoms with Gasteiger partial charge in [-0.15, -0.1) is 0 Å². The number of benzene rings is 1. The average molecular weight is 298 g/mol. The van der Waals surface area contributed by atoms with Gasteiger partial charge in [-0.1, -0.05) is 42.8 Å². The van der Waals surface area contributed by atoms with Gasteiger partial charge in [-0.25, -0.2) is 0 Å². The lowest BCUT2D eigenvalue weighted by Crippen LogP contribution is -2.38. The van der Waals surface area contributed by atoms with Crippen molar-refractivity contribution in [1.29, 1.82) is 0 Å². The van der Waals surface area contributed by atoms with Crippen LogP contribution in [0.5, 0.6) is 0 Å². The van der Waals surface area contributed by atoms with Gasteiger partial charge < -0.3 is 5.32 Å². The summed E-state index contributed by atoms with van der Waals surface area (Å²) in [5, 5.41) is 3.09. The van der Waals surface area contributed by atoms with Gasteiger partial charge in [-0.2, -0.15) is 0 Å². The molecule has 0 aliphatic carbocycles. The van der Waals surface area contributed by atoms with Gasteiger partial charge >= 0.3 is 0 Å². The minimum Gasteiger partial charge on any atom is -0.349 e. The summed E-state index contributed by atoms with van der Waals surface area (Å²) in [6.07, 6.45) is 0.955. The van der Waals surface area contributed by atoms with Crippen LogP contribution in [0.25, 0.3) is 0 Å². The number of hydrogen-bond acceptors (Lipinski definition) is 1. The number of hydrogen-bond donors (Lipinski definition) is 1. The summed E-state index contributed by atoms with van der Waals surface area (Å²) in [6, 6.07) is 6.01. The van der Waals surface area contributed by atoms with Gasteiger partial charge in [-0.05, 0) is 37.0 Å². The van der Waals surface area contributed by atoms with Crippen LogP contribution in [0, 0.1) is 12.8 Å². The van der Waals surface area contributed by atoms with Crippen LogP contribution >= 0.6 is 15.9 Å². The molecule has 1 N–H and O–H groups in total. The number of aryl methyl sites for hydroxylation is 1. The van der Waals surface area contributed by atoms with Crippen molar-refractivity contribution in [2.24, 2.45) is 5.92 Å². The fraction of sp³-hybridized carbons (Fsp3) is 0.500. The van der Waals surface area contributed by atoms with Gasteiger partial charge in [0, 0.05) is 16.1 Å². The molecule has 1 aromatic carbocycles. The van der Waals surface area contributed by atoms with Crippen molar-refractivity contribution >= 4 is 21.8 Å². The van der Waals surface area contributed by atoms with Crippen molar-refractivity contribution in [2.75, 3.05) is 0 Å². The standard InChI is InChI=1S/C14H20BrNO/c1-5-13(9(2)3)16-14(17)12-8-11(15)7-6-10(12)4/h6-9,13H,5H2,1-4H3,(H,16,17). The van der Waals surface area contributed by atoms with Gasteiger partial charge in [0.15, 0.2) is 0 Å². The maximum Gasteiger partial charge on any atom is 0.251 e. The normalized spacial score (nSPS) is 12.6. The van der Waals surface area contributed by atoms with Crippen molar-refractivity contribution in [3.63, 3.8) is 0 Å². The molecule has 0 fully saturated rings. The van der Waals surface area contributed by atoms with Crippen molar-refractivity contribution in [1.82, 2.24) is 5.32 Å². The molecule has 0 bridgehead atoms. The molecule has 0 aliphatic heterocycles. The van der Waals surface area contributed by atoms with E-state index in [1.165, 1.54) is 0 Å². The Morgan fingerprint density at radius 2 is 2.06 bits per heavy atom. The minimum atomic E-state index is 0.0179. The van der Waals surface area contributed by atoms with Crippen LogP contribution in [-0.2, 0) is 0 Å². The predicted octanol–water partition coefficient (Wildman–Crippen LogP) is 3.92. The van der Waals surface area contributed by atoms with Gasteiger partial charge in [0.1, 0.15) is 0 Å². The smallest absolute Gasteiger partial charge is 0.251 e. The highest BCUT2D eigenvalue weighted by Gasteiger charge is 2.16. The lowest BCUT2D eigenvalue weighted by Gasteiger charge is -2.21. The molecule has 1 aromatic rings. The van der Waals surface area contributed by atoms with E-state index in [0.29, 0.717) is 5.92 Å². The molecule has 0 spiro atoms. The molecule has 3 heteroatoms. The molecule has 17 heavy (non-hydrogen) atoms. The second kappa shape index (κ2) is 6.20. The van der Waals surface area contributed by atoms with Crippen LogP contribution < -0.4 is 5.32 Å². The number of carbonyl (C=O) groups is 1. The van der Waals surface area contributed by atoms with Crippen molar-refractivity contribution in [3.05, 3.63) is 33.8 Å². The molecular formula is C14H20BrNO. The molecule has 1 unspecified atom stereocenters. The zero-order chi connectivity index (χ0) is 13.0. The van der Waals surface area contributed by atoms with Gasteiger partial charge in [0.05, 0.1) is 0 Å². The Hall–Kier alpha value is -0.830. The van der Waals surface area contributed by atoms with E-state index in [0.717, 1.165) is 22.0 Å². The van der Waals surface area contributed by atoms with E-state index < -0.39 is 0 Å². The minimum absolute atomic E-state index is 0.0179. The number of halogens is 1. The van der Waals surface area contributed by atoms with Gasteiger partial charge in [0.2, 0.25) is 0 Å². The lowest BCUT2D eigenvalue weighted by molar-refractivity contribution is 0.0924. The summed E-state index contributed by atoms with van der Waals surface area (Å²) >= 11 is 3.40. The Kier molecular flexibility index (Phi) is 5.19. The first-order valence-electron chi connectivity index (χ1n) is 6.02. The third-order valence-electron chi connectivity index (χ3n) is 3.01. The molecule has 0 aromatic heterocycles. The van der Waals surface area contributed by atoms with E-state index in [2.05, 4.69) is 42.0 Å². The van der Waals surface area contributed by atoms with E-state index in [-0.39, 0.29) is 11.9 Å². The second-order valence-corrected chi connectivity index (χ2v) is 5.61. The quantitative estimate of drug-likeness (QED) is 0.896. The highest BCUT2D eigenvalue weighted by Crippen LogP contribution is 2.17. The van der Waals surface area contributed by atoms with Crippen LogP contribution in [0.2, 0.25) is 0 Å². The molecule has 94 valence electrons. The molecule has 1 atom stereocenters. The maximum atomic E-state index is 12.2. The molecule has 0 aliphatic rings. The first-order valence-corrected chi connectivity index (χ1v) is 6.82. The van der Waals surface area contributed by atoms with E-state index in [4.69, 9.17) is 0 Å². The van der Waals surface area contributed by atoms with E-state index >= 15 is 0 Å². The Bertz CT molecular complexity index is 401. The van der Waals surface area contributed by atoms with Crippen LogP contribution in [0.1, 0.15) is 43.1 Å². The lowest BCUT2D eigenvalue weighted by atomic mass is 10.0. The van der Waals surface area contributed by atoms with E-state index in [9.17, 15) is 4.79 Å². The molecule has 1 rings (SSSR count). The van der Waals surface area contributed by atoms with E-state index in [1.807, 2.05) is 25.1 Å². The summed E-state index contributed by atoms with van der Waals surface area (Å²) in [5.41, 5.74) is 1.75. The first kappa shape index (κ1) is 14.2. The van der Waals surface area contributed by atoms with Crippen LogP contribution in [0.3, 0.4) is 0 Å². The third kappa shape index (κ3) is 3.84. The van der Waals surface area contributed by atoms with Crippen molar-refractivity contribution < 1.29 is 4.79 Å². The fourth-order valence-electron chi connectivity index (χ4n) is 1.83. The monoisotopic (exact) mass is 297 g/mol. The number of nitrogens with one attached hydrogen (secondary N) is 1. The maximum absolute atomic E-state index is 12.2. The Morgan fingerprint density at radius 3 is 2.59 bits per heavy atom. The molecule has 0 saturated heterocycles. The average Bonchev–Trinajstić information content (AvgIpc) is 2.28. The molecule has 2 nitrogen and oxygen atoms in total. The van der Waals surface area contributed by atoms with Crippen LogP contribution in [-0.4, -0.2) is 11.9 Å². The topological polar surface area (TPSA) is 29.1 Å². The highest BCUT2D eigenvalue weighted by atomic mass is 79.9. The highest BCUT2D eigenvalue weighted by molar-refractivity contribution is 9.10. The van der Waals surface area contributed by atoms with Crippen molar-refractivity contribution in [3.8, 4) is 0 Å². The van der Waals surface area contributed by atoms with Crippen molar-refractivity contribution in [2.45, 2.75) is 40.2 Å². The zero-order valence-corrected chi connectivity index (χ0v) is 12.5. The van der Waals surface area contributed by atoms with E-state index in [1.54, 1.807) is 0 Å². The predicted molar refractivity (Wildman–Crippen MR) is 75.3 cm³/mol. The molecule has 1 amide bonds. The summed E-state index contributed by atoms with van der Waals surface area (Å²) in [4.78, 5) is 12.2. The SMILES string of the molecule is CCC(NC(=O)c1cc(Br)ccc1C)C(C)C. The number of rotatable bonds is 4. The number of amides is 1. The summed E-state index contributed by atoms with van der Waals surface area (Å²) in [7, 11) is 0. The third-order valence-corrected chi connectivity index (χ3v) is 3.50. The molecule has 0 radical (unpaired) electrons. The second-order valence-electron chi connectivity index (χ2n) is 4.69. The molecule has 0 saturated carbocycles. The summed E-state index contributed by atoms with van der Waals surface area (Å²) in [6.45, 7) is 8.31. The van der Waals surface area contributed by atoms with Crippen LogP contribution in [0.4, 0.5) is 0 Å². The summed E-state index contributed by atoms with van der Waals surface area (Å²) < 4.78 is 0.936. The van der Waals surface area contributed by atoms with Gasteiger partial charge in [-0.3, -0.25) is 4.79 Å². The zero-order valence-electron chi connectivity index (χ0n) is 10.9. The Balaban J connectivity index is 2.86. The molecular weight excluding hydrogens is 278 g/mol. The van der Waals surface area contributed by atoms with Crippen LogP contribution in [0.15, 0.2) is 22.7 Å².